The van der Waals surface area contributed by atoms with Gasteiger partial charge >= 0.3 is 12.1 Å². The van der Waals surface area contributed by atoms with Gasteiger partial charge in [0.1, 0.15) is 10.6 Å². The number of rotatable bonds is 2. The second-order valence-electron chi connectivity index (χ2n) is 4.69. The number of nitrogens with one attached hydrogen (secondary N) is 1. The highest BCUT2D eigenvalue weighted by molar-refractivity contribution is 6.46. The summed E-state index contributed by atoms with van der Waals surface area (Å²) in [5.41, 5.74) is -1.43. The largest absolute Gasteiger partial charge is 0.476 e. The minimum Gasteiger partial charge on any atom is -0.476 e. The number of aromatic carboxylic acids is 1. The van der Waals surface area contributed by atoms with Crippen LogP contribution in [0.4, 0.5) is 10.5 Å². The van der Waals surface area contributed by atoms with Crippen LogP contribution in [-0.2, 0) is 4.74 Å². The van der Waals surface area contributed by atoms with Crippen molar-refractivity contribution in [2.45, 2.75) is 26.4 Å². The zero-order valence-corrected chi connectivity index (χ0v) is 13.0. The first-order valence-corrected chi connectivity index (χ1v) is 6.44. The molecule has 1 rings (SSSR count). The summed E-state index contributed by atoms with van der Waals surface area (Å²) in [4.78, 5) is 26.1. The lowest BCUT2D eigenvalue weighted by Gasteiger charge is -2.20. The minimum absolute atomic E-state index is 0.167. The molecule has 0 aliphatic heterocycles. The number of carbonyl (C=O) groups excluding carboxylic acids is 1. The van der Waals surface area contributed by atoms with Crippen molar-refractivity contribution in [3.8, 4) is 0 Å². The number of aromatic nitrogens is 1. The molecule has 9 heteroatoms. The van der Waals surface area contributed by atoms with Crippen LogP contribution in [0.3, 0.4) is 0 Å². The fraction of sp³-hybridized carbons (Fsp3) is 0.364. The Morgan fingerprint density at radius 2 is 1.75 bits per heavy atom. The average Bonchev–Trinajstić information content (AvgIpc) is 2.26. The molecule has 0 bridgehead atoms. The van der Waals surface area contributed by atoms with Crippen molar-refractivity contribution in [3.05, 3.63) is 20.9 Å². The van der Waals surface area contributed by atoms with Crippen molar-refractivity contribution < 1.29 is 19.4 Å². The molecule has 1 heterocycles. The predicted molar refractivity (Wildman–Crippen MR) is 76.1 cm³/mol. The smallest absolute Gasteiger partial charge is 0.412 e. The van der Waals surface area contributed by atoms with Crippen LogP contribution in [0.5, 0.6) is 0 Å². The molecule has 1 aromatic rings. The third-order valence-corrected chi connectivity index (χ3v) is 2.97. The van der Waals surface area contributed by atoms with E-state index in [-0.39, 0.29) is 20.9 Å². The van der Waals surface area contributed by atoms with E-state index in [1.807, 2.05) is 0 Å². The van der Waals surface area contributed by atoms with Crippen LogP contribution in [0.25, 0.3) is 0 Å². The molecular weight excluding hydrogens is 330 g/mol. The first-order valence-electron chi connectivity index (χ1n) is 5.30. The lowest BCUT2D eigenvalue weighted by molar-refractivity contribution is 0.0632. The standard InChI is InChI=1S/C11H11Cl3N2O4/c1-11(2,3)20-10(19)16-6-4(12)7(9(17)18)15-8(14)5(6)13/h1-3H3,(H,17,18)(H,15,16,19). The van der Waals surface area contributed by atoms with Gasteiger partial charge in [0.05, 0.1) is 10.7 Å². The summed E-state index contributed by atoms with van der Waals surface area (Å²) < 4.78 is 5.01. The molecule has 2 N–H and O–H groups in total. The molecule has 0 unspecified atom stereocenters. The van der Waals surface area contributed by atoms with Crippen molar-refractivity contribution in [1.82, 2.24) is 4.98 Å². The van der Waals surface area contributed by atoms with Crippen LogP contribution in [0.1, 0.15) is 31.3 Å². The van der Waals surface area contributed by atoms with Gasteiger partial charge in [0.15, 0.2) is 10.8 Å². The van der Waals surface area contributed by atoms with Crippen molar-refractivity contribution in [1.29, 1.82) is 0 Å². The van der Waals surface area contributed by atoms with Gasteiger partial charge in [0, 0.05) is 0 Å². The number of hydrogen-bond acceptors (Lipinski definition) is 4. The third-order valence-electron chi connectivity index (χ3n) is 1.87. The van der Waals surface area contributed by atoms with Gasteiger partial charge in [-0.25, -0.2) is 14.6 Å². The summed E-state index contributed by atoms with van der Waals surface area (Å²) in [5.74, 6) is -1.40. The lowest BCUT2D eigenvalue weighted by atomic mass is 10.2. The Morgan fingerprint density at radius 3 is 2.20 bits per heavy atom. The van der Waals surface area contributed by atoms with E-state index in [9.17, 15) is 9.59 Å². The van der Waals surface area contributed by atoms with Crippen LogP contribution < -0.4 is 5.32 Å². The Hall–Kier alpha value is -1.24. The quantitative estimate of drug-likeness (QED) is 0.791. The highest BCUT2D eigenvalue weighted by Crippen LogP contribution is 2.37. The van der Waals surface area contributed by atoms with Gasteiger partial charge < -0.3 is 9.84 Å². The summed E-state index contributed by atoms with van der Waals surface area (Å²) >= 11 is 17.4. The summed E-state index contributed by atoms with van der Waals surface area (Å²) in [7, 11) is 0. The number of hydrogen-bond donors (Lipinski definition) is 2. The Kier molecular flexibility index (Phi) is 5.07. The predicted octanol–water partition coefficient (Wildman–Crippen LogP) is 4.09. The van der Waals surface area contributed by atoms with E-state index < -0.39 is 23.4 Å². The monoisotopic (exact) mass is 340 g/mol. The number of halogens is 3. The van der Waals surface area contributed by atoms with Crippen molar-refractivity contribution in [2.75, 3.05) is 5.32 Å². The van der Waals surface area contributed by atoms with E-state index in [1.165, 1.54) is 0 Å². The summed E-state index contributed by atoms with van der Waals surface area (Å²) in [6.45, 7) is 4.99. The number of amides is 1. The fourth-order valence-corrected chi connectivity index (χ4v) is 1.85. The van der Waals surface area contributed by atoms with Crippen LogP contribution >= 0.6 is 34.8 Å². The number of anilines is 1. The molecule has 0 fully saturated rings. The SMILES string of the molecule is CC(C)(C)OC(=O)Nc1c(Cl)c(Cl)nc(C(=O)O)c1Cl. The molecule has 1 aromatic heterocycles. The lowest BCUT2D eigenvalue weighted by Crippen LogP contribution is -2.27. The maximum absolute atomic E-state index is 11.7. The summed E-state index contributed by atoms with van der Waals surface area (Å²) in [6.07, 6.45) is -0.847. The van der Waals surface area contributed by atoms with Gasteiger partial charge in [-0.05, 0) is 20.8 Å². The first-order chi connectivity index (χ1) is 9.03. The molecule has 1 amide bonds. The van der Waals surface area contributed by atoms with Crippen molar-refractivity contribution in [3.63, 3.8) is 0 Å². The molecule has 0 aromatic carbocycles. The zero-order chi connectivity index (χ0) is 15.7. The van der Waals surface area contributed by atoms with Gasteiger partial charge in [-0.3, -0.25) is 5.32 Å². The van der Waals surface area contributed by atoms with Crippen LogP contribution in [0, 0.1) is 0 Å². The Balaban J connectivity index is 3.18. The molecule has 0 atom stereocenters. The van der Waals surface area contributed by atoms with Gasteiger partial charge in [-0.2, -0.15) is 0 Å². The molecule has 0 aliphatic carbocycles. The normalized spacial score (nSPS) is 11.1. The zero-order valence-electron chi connectivity index (χ0n) is 10.8. The second-order valence-corrected chi connectivity index (χ2v) is 5.80. The fourth-order valence-electron chi connectivity index (χ4n) is 1.17. The molecule has 0 spiro atoms. The van der Waals surface area contributed by atoms with E-state index in [2.05, 4.69) is 10.3 Å². The van der Waals surface area contributed by atoms with E-state index in [0.29, 0.717) is 0 Å². The molecule has 0 aliphatic rings. The molecular formula is C11H11Cl3N2O4. The first kappa shape index (κ1) is 16.8. The third kappa shape index (κ3) is 4.13. The highest BCUT2D eigenvalue weighted by atomic mass is 35.5. The maximum Gasteiger partial charge on any atom is 0.412 e. The van der Waals surface area contributed by atoms with Gasteiger partial charge in [0.2, 0.25) is 0 Å². The molecule has 0 radical (unpaired) electrons. The van der Waals surface area contributed by atoms with E-state index in [4.69, 9.17) is 44.6 Å². The number of ether oxygens (including phenoxy) is 1. The molecule has 0 saturated heterocycles. The van der Waals surface area contributed by atoms with Gasteiger partial charge in [-0.15, -0.1) is 0 Å². The Bertz CT molecular complexity index is 570. The van der Waals surface area contributed by atoms with Crippen LogP contribution in [-0.4, -0.2) is 27.8 Å². The van der Waals surface area contributed by atoms with E-state index >= 15 is 0 Å². The Morgan fingerprint density at radius 1 is 1.20 bits per heavy atom. The number of nitrogens with zero attached hydrogens (tertiary/aromatic N) is 1. The minimum atomic E-state index is -1.40. The van der Waals surface area contributed by atoms with Gasteiger partial charge in [-0.1, -0.05) is 34.8 Å². The molecule has 0 saturated carbocycles. The van der Waals surface area contributed by atoms with E-state index in [1.54, 1.807) is 20.8 Å². The number of carboxylic acids is 1. The topological polar surface area (TPSA) is 88.5 Å². The maximum atomic E-state index is 11.7. The summed E-state index contributed by atoms with van der Waals surface area (Å²) in [6, 6.07) is 0. The van der Waals surface area contributed by atoms with E-state index in [0.717, 1.165) is 0 Å². The van der Waals surface area contributed by atoms with Crippen LogP contribution in [0.2, 0.25) is 15.2 Å². The number of carboxylic acid groups (broad SMARTS) is 1. The van der Waals surface area contributed by atoms with Crippen molar-refractivity contribution in [2.24, 2.45) is 0 Å². The number of carbonyl (C=O) groups is 2. The molecule has 110 valence electrons. The highest BCUT2D eigenvalue weighted by Gasteiger charge is 2.24. The summed E-state index contributed by atoms with van der Waals surface area (Å²) in [5, 5.41) is 10.4. The Labute approximate surface area is 130 Å². The van der Waals surface area contributed by atoms with Crippen LogP contribution in [0.15, 0.2) is 0 Å². The molecule has 20 heavy (non-hydrogen) atoms. The average molecular weight is 342 g/mol. The van der Waals surface area contributed by atoms with Gasteiger partial charge in [0.25, 0.3) is 0 Å². The second kappa shape index (κ2) is 6.03. The van der Waals surface area contributed by atoms with Crippen molar-refractivity contribution >= 4 is 52.6 Å². The molecule has 6 nitrogen and oxygen atoms in total. The number of pyridine rings is 1.